The van der Waals surface area contributed by atoms with Crippen LogP contribution in [0.4, 0.5) is 5.69 Å². The van der Waals surface area contributed by atoms with Gasteiger partial charge in [0.15, 0.2) is 0 Å². The molecule has 0 fully saturated rings. The van der Waals surface area contributed by atoms with Gasteiger partial charge in [0.2, 0.25) is 21.8 Å². The van der Waals surface area contributed by atoms with E-state index in [1.54, 1.807) is 11.0 Å². The van der Waals surface area contributed by atoms with Crippen molar-refractivity contribution in [2.75, 3.05) is 17.1 Å². The Hall–Kier alpha value is -3.65. The summed E-state index contributed by atoms with van der Waals surface area (Å²) in [6.07, 6.45) is 1.96. The Morgan fingerprint density at radius 2 is 1.52 bits per heavy atom. The molecule has 3 rings (SSSR count). The zero-order chi connectivity index (χ0) is 29.3. The Kier molecular flexibility index (Phi) is 10.9. The highest BCUT2D eigenvalue weighted by Gasteiger charge is 2.31. The third-order valence-corrected chi connectivity index (χ3v) is 7.81. The van der Waals surface area contributed by atoms with Crippen LogP contribution in [-0.2, 0) is 32.6 Å². The van der Waals surface area contributed by atoms with E-state index < -0.39 is 16.1 Å². The fourth-order valence-electron chi connectivity index (χ4n) is 4.61. The van der Waals surface area contributed by atoms with Crippen LogP contribution >= 0.6 is 0 Å². The molecular formula is C32H41N3O4S. The van der Waals surface area contributed by atoms with E-state index in [9.17, 15) is 18.0 Å². The highest BCUT2D eigenvalue weighted by molar-refractivity contribution is 7.92. The molecule has 3 aromatic carbocycles. The maximum atomic E-state index is 13.8. The molecule has 1 atom stereocenters. The molecule has 2 amide bonds. The second-order valence-corrected chi connectivity index (χ2v) is 12.6. The van der Waals surface area contributed by atoms with Crippen LogP contribution in [0.15, 0.2) is 78.9 Å². The number of aryl methyl sites for hydroxylation is 2. The molecule has 214 valence electrons. The van der Waals surface area contributed by atoms with E-state index in [1.165, 1.54) is 10.6 Å². The third-order valence-electron chi connectivity index (χ3n) is 6.62. The van der Waals surface area contributed by atoms with Gasteiger partial charge < -0.3 is 10.2 Å². The topological polar surface area (TPSA) is 86.8 Å². The zero-order valence-electron chi connectivity index (χ0n) is 24.1. The summed E-state index contributed by atoms with van der Waals surface area (Å²) < 4.78 is 26.5. The number of anilines is 1. The average Bonchev–Trinajstić information content (AvgIpc) is 2.89. The minimum Gasteiger partial charge on any atom is -0.352 e. The van der Waals surface area contributed by atoms with Crippen molar-refractivity contribution in [3.63, 3.8) is 0 Å². The van der Waals surface area contributed by atoms with Crippen LogP contribution in [0.25, 0.3) is 0 Å². The maximum Gasteiger partial charge on any atom is 0.243 e. The Labute approximate surface area is 239 Å². The molecule has 0 saturated heterocycles. The first-order valence-corrected chi connectivity index (χ1v) is 15.5. The fourth-order valence-corrected chi connectivity index (χ4v) is 5.57. The molecule has 0 saturated carbocycles. The van der Waals surface area contributed by atoms with Crippen LogP contribution in [0.1, 0.15) is 48.9 Å². The standard InChI is InChI=1S/C32H41N3O4S/c1-24(2)33-32(37)30(22-27-12-7-6-8-13-27)34(23-28-18-16-25(3)17-19-28)31(36)15-10-20-35(40(5,38)39)29-14-9-11-26(4)21-29/h6-9,11-14,16-19,21,24,30H,10,15,20,22-23H2,1-5H3,(H,33,37)/t30-/m0/s1. The molecule has 3 aromatic rings. The number of rotatable bonds is 13. The van der Waals surface area contributed by atoms with Crippen LogP contribution in [0.5, 0.6) is 0 Å². The predicted molar refractivity (Wildman–Crippen MR) is 162 cm³/mol. The van der Waals surface area contributed by atoms with Crippen molar-refractivity contribution in [1.29, 1.82) is 0 Å². The summed E-state index contributed by atoms with van der Waals surface area (Å²) in [4.78, 5) is 29.0. The van der Waals surface area contributed by atoms with Crippen molar-refractivity contribution in [1.82, 2.24) is 10.2 Å². The molecule has 0 aliphatic rings. The lowest BCUT2D eigenvalue weighted by molar-refractivity contribution is -0.141. The molecule has 0 heterocycles. The van der Waals surface area contributed by atoms with Crippen molar-refractivity contribution in [2.45, 2.75) is 65.6 Å². The van der Waals surface area contributed by atoms with Gasteiger partial charge in [-0.1, -0.05) is 72.3 Å². The summed E-state index contributed by atoms with van der Waals surface area (Å²) in [7, 11) is -3.55. The van der Waals surface area contributed by atoms with E-state index in [-0.39, 0.29) is 37.4 Å². The van der Waals surface area contributed by atoms with Crippen molar-refractivity contribution < 1.29 is 18.0 Å². The maximum absolute atomic E-state index is 13.8. The molecule has 0 spiro atoms. The van der Waals surface area contributed by atoms with E-state index >= 15 is 0 Å². The van der Waals surface area contributed by atoms with Gasteiger partial charge in [-0.3, -0.25) is 13.9 Å². The van der Waals surface area contributed by atoms with Crippen molar-refractivity contribution in [2.24, 2.45) is 0 Å². The van der Waals surface area contributed by atoms with Crippen LogP contribution in [0.3, 0.4) is 0 Å². The van der Waals surface area contributed by atoms with Gasteiger partial charge in [-0.2, -0.15) is 0 Å². The van der Waals surface area contributed by atoms with Gasteiger partial charge in [-0.05, 0) is 62.9 Å². The third kappa shape index (κ3) is 9.23. The molecule has 0 aliphatic heterocycles. The summed E-state index contributed by atoms with van der Waals surface area (Å²) in [5.41, 5.74) is 4.51. The first-order chi connectivity index (χ1) is 18.9. The Morgan fingerprint density at radius 1 is 0.850 bits per heavy atom. The summed E-state index contributed by atoms with van der Waals surface area (Å²) in [5.74, 6) is -0.407. The van der Waals surface area contributed by atoms with Crippen LogP contribution in [-0.4, -0.2) is 50.0 Å². The predicted octanol–water partition coefficient (Wildman–Crippen LogP) is 5.01. The van der Waals surface area contributed by atoms with Gasteiger partial charge in [0.25, 0.3) is 0 Å². The minimum absolute atomic E-state index is 0.0836. The molecular weight excluding hydrogens is 522 g/mol. The van der Waals surface area contributed by atoms with Crippen LogP contribution in [0, 0.1) is 13.8 Å². The lowest BCUT2D eigenvalue weighted by Crippen LogP contribution is -2.51. The molecule has 0 aromatic heterocycles. The van der Waals surface area contributed by atoms with Crippen molar-refractivity contribution in [3.8, 4) is 0 Å². The molecule has 0 radical (unpaired) electrons. The second kappa shape index (κ2) is 14.1. The van der Waals surface area contributed by atoms with Gasteiger partial charge in [0.05, 0.1) is 11.9 Å². The number of nitrogens with zero attached hydrogens (tertiary/aromatic N) is 2. The Bertz CT molecular complexity index is 1370. The normalized spacial score (nSPS) is 12.2. The quantitative estimate of drug-likeness (QED) is 0.317. The molecule has 0 unspecified atom stereocenters. The van der Waals surface area contributed by atoms with E-state index in [1.807, 2.05) is 100 Å². The number of amides is 2. The number of hydrogen-bond donors (Lipinski definition) is 1. The molecule has 1 N–H and O–H groups in total. The highest BCUT2D eigenvalue weighted by atomic mass is 32.2. The van der Waals surface area contributed by atoms with Crippen LogP contribution in [0.2, 0.25) is 0 Å². The lowest BCUT2D eigenvalue weighted by Gasteiger charge is -2.32. The van der Waals surface area contributed by atoms with Gasteiger partial charge >= 0.3 is 0 Å². The summed E-state index contributed by atoms with van der Waals surface area (Å²) in [6.45, 7) is 8.14. The summed E-state index contributed by atoms with van der Waals surface area (Å²) in [6, 6.07) is 24.1. The highest BCUT2D eigenvalue weighted by Crippen LogP contribution is 2.21. The number of hydrogen-bond acceptors (Lipinski definition) is 4. The van der Waals surface area contributed by atoms with E-state index in [0.717, 1.165) is 22.3 Å². The zero-order valence-corrected chi connectivity index (χ0v) is 24.9. The number of carbonyl (C=O) groups excluding carboxylic acids is 2. The summed E-state index contributed by atoms with van der Waals surface area (Å²) >= 11 is 0. The van der Waals surface area contributed by atoms with Crippen molar-refractivity contribution >= 4 is 27.5 Å². The van der Waals surface area contributed by atoms with Gasteiger partial charge in [0, 0.05) is 32.0 Å². The smallest absolute Gasteiger partial charge is 0.243 e. The van der Waals surface area contributed by atoms with E-state index in [4.69, 9.17) is 0 Å². The minimum atomic E-state index is -3.55. The molecule has 0 bridgehead atoms. The monoisotopic (exact) mass is 563 g/mol. The van der Waals surface area contributed by atoms with E-state index in [0.29, 0.717) is 18.5 Å². The molecule has 7 nitrogen and oxygen atoms in total. The first-order valence-electron chi connectivity index (χ1n) is 13.7. The van der Waals surface area contributed by atoms with Gasteiger partial charge in [0.1, 0.15) is 6.04 Å². The second-order valence-electron chi connectivity index (χ2n) is 10.7. The largest absolute Gasteiger partial charge is 0.352 e. The lowest BCUT2D eigenvalue weighted by atomic mass is 10.0. The SMILES string of the molecule is Cc1ccc(CN(C(=O)CCCN(c2cccc(C)c2)S(C)(=O)=O)[C@@H](Cc2ccccc2)C(=O)NC(C)C)cc1. The molecule has 40 heavy (non-hydrogen) atoms. The number of benzene rings is 3. The summed E-state index contributed by atoms with van der Waals surface area (Å²) in [5, 5.41) is 2.99. The van der Waals surface area contributed by atoms with Crippen LogP contribution < -0.4 is 9.62 Å². The number of sulfonamides is 1. The average molecular weight is 564 g/mol. The van der Waals surface area contributed by atoms with Gasteiger partial charge in [-0.15, -0.1) is 0 Å². The van der Waals surface area contributed by atoms with Crippen molar-refractivity contribution in [3.05, 3.63) is 101 Å². The Morgan fingerprint density at radius 3 is 2.12 bits per heavy atom. The number of carbonyl (C=O) groups is 2. The Balaban J connectivity index is 1.87. The van der Waals surface area contributed by atoms with Gasteiger partial charge in [-0.25, -0.2) is 8.42 Å². The van der Waals surface area contributed by atoms with E-state index in [2.05, 4.69) is 5.32 Å². The number of nitrogens with one attached hydrogen (secondary N) is 1. The molecule has 0 aliphatic carbocycles. The first kappa shape index (κ1) is 30.9. The molecule has 8 heteroatoms. The fraction of sp³-hybridized carbons (Fsp3) is 0.375.